The van der Waals surface area contributed by atoms with Crippen molar-refractivity contribution < 1.29 is 14.2 Å². The summed E-state index contributed by atoms with van der Waals surface area (Å²) in [7, 11) is 1.79. The Kier molecular flexibility index (Phi) is 11.5. The van der Waals surface area contributed by atoms with Crippen LogP contribution < -0.4 is 15.4 Å². The number of rotatable bonds is 13. The molecule has 1 unspecified atom stereocenters. The van der Waals surface area contributed by atoms with Crippen LogP contribution in [0.1, 0.15) is 50.2 Å². The van der Waals surface area contributed by atoms with Gasteiger partial charge in [-0.3, -0.25) is 4.99 Å². The summed E-state index contributed by atoms with van der Waals surface area (Å²) in [4.78, 5) is 4.31. The predicted molar refractivity (Wildman–Crippen MR) is 119 cm³/mol. The molecule has 1 aliphatic heterocycles. The van der Waals surface area contributed by atoms with Crippen LogP contribution >= 0.6 is 0 Å². The van der Waals surface area contributed by atoms with Crippen molar-refractivity contribution in [2.75, 3.05) is 46.6 Å². The van der Waals surface area contributed by atoms with Crippen molar-refractivity contribution in [2.45, 2.75) is 52.5 Å². The van der Waals surface area contributed by atoms with E-state index in [1.165, 1.54) is 18.4 Å². The van der Waals surface area contributed by atoms with Crippen LogP contribution in [0.3, 0.4) is 0 Å². The molecule has 0 bridgehead atoms. The zero-order valence-corrected chi connectivity index (χ0v) is 18.5. The van der Waals surface area contributed by atoms with E-state index in [4.69, 9.17) is 14.2 Å². The van der Waals surface area contributed by atoms with Crippen LogP contribution in [0, 0.1) is 12.8 Å². The smallest absolute Gasteiger partial charge is 0.191 e. The standard InChI is InChI=1S/C23H39N3O3/c1-4-5-6-13-29-22-15-19(2)8-9-21(22)16-26-23(24-3)25-11-7-12-27-17-20-10-14-28-18-20/h8-9,15,20H,4-7,10-14,16-18H2,1-3H3,(H2,24,25,26). The summed E-state index contributed by atoms with van der Waals surface area (Å²) in [5.74, 6) is 2.34. The first-order chi connectivity index (χ1) is 14.2. The molecule has 1 heterocycles. The van der Waals surface area contributed by atoms with Crippen LogP contribution in [0.25, 0.3) is 0 Å². The van der Waals surface area contributed by atoms with Crippen molar-refractivity contribution >= 4 is 5.96 Å². The number of aryl methyl sites for hydroxylation is 1. The van der Waals surface area contributed by atoms with E-state index >= 15 is 0 Å². The monoisotopic (exact) mass is 405 g/mol. The van der Waals surface area contributed by atoms with Gasteiger partial charge in [-0.1, -0.05) is 31.9 Å². The van der Waals surface area contributed by atoms with Gasteiger partial charge in [0, 0.05) is 44.8 Å². The number of aliphatic imine (C=N–C) groups is 1. The Bertz CT molecular complexity index is 601. The third-order valence-electron chi connectivity index (χ3n) is 5.03. The second-order valence-electron chi connectivity index (χ2n) is 7.68. The Morgan fingerprint density at radius 2 is 2.10 bits per heavy atom. The summed E-state index contributed by atoms with van der Waals surface area (Å²) in [6.07, 6.45) is 5.57. The molecular formula is C23H39N3O3. The number of ether oxygens (including phenoxy) is 3. The van der Waals surface area contributed by atoms with Gasteiger partial charge in [-0.25, -0.2) is 0 Å². The lowest BCUT2D eigenvalue weighted by molar-refractivity contribution is 0.0888. The Hall–Kier alpha value is -1.79. The fraction of sp³-hybridized carbons (Fsp3) is 0.696. The zero-order valence-electron chi connectivity index (χ0n) is 18.5. The first-order valence-corrected chi connectivity index (χ1v) is 11.0. The molecule has 164 valence electrons. The van der Waals surface area contributed by atoms with Gasteiger partial charge in [0.1, 0.15) is 5.75 Å². The number of unbranched alkanes of at least 4 members (excludes halogenated alkanes) is 2. The minimum absolute atomic E-state index is 0.574. The average Bonchev–Trinajstić information content (AvgIpc) is 3.24. The van der Waals surface area contributed by atoms with Gasteiger partial charge in [0.15, 0.2) is 5.96 Å². The average molecular weight is 406 g/mol. The minimum atomic E-state index is 0.574. The fourth-order valence-corrected chi connectivity index (χ4v) is 3.22. The summed E-state index contributed by atoms with van der Waals surface area (Å²) < 4.78 is 17.1. The van der Waals surface area contributed by atoms with Gasteiger partial charge >= 0.3 is 0 Å². The maximum Gasteiger partial charge on any atom is 0.191 e. The molecule has 6 nitrogen and oxygen atoms in total. The van der Waals surface area contributed by atoms with E-state index in [9.17, 15) is 0 Å². The highest BCUT2D eigenvalue weighted by Gasteiger charge is 2.15. The van der Waals surface area contributed by atoms with Crippen molar-refractivity contribution in [3.8, 4) is 5.75 Å². The Balaban J connectivity index is 1.67. The molecular weight excluding hydrogens is 366 g/mol. The molecule has 0 amide bonds. The summed E-state index contributed by atoms with van der Waals surface area (Å²) >= 11 is 0. The van der Waals surface area contributed by atoms with Crippen LogP contribution in [0.2, 0.25) is 0 Å². The molecule has 29 heavy (non-hydrogen) atoms. The lowest BCUT2D eigenvalue weighted by Crippen LogP contribution is -2.37. The largest absolute Gasteiger partial charge is 0.493 e. The zero-order chi connectivity index (χ0) is 20.7. The number of hydrogen-bond acceptors (Lipinski definition) is 4. The molecule has 1 aromatic carbocycles. The number of hydrogen-bond donors (Lipinski definition) is 2. The van der Waals surface area contributed by atoms with Crippen LogP contribution in [-0.4, -0.2) is 52.6 Å². The summed E-state index contributed by atoms with van der Waals surface area (Å²) in [6.45, 7) is 9.87. The van der Waals surface area contributed by atoms with Gasteiger partial charge in [0.25, 0.3) is 0 Å². The Labute approximate surface area is 176 Å². The lowest BCUT2D eigenvalue weighted by Gasteiger charge is -2.16. The first-order valence-electron chi connectivity index (χ1n) is 11.0. The van der Waals surface area contributed by atoms with Crippen LogP contribution in [0.5, 0.6) is 5.75 Å². The maximum atomic E-state index is 6.03. The van der Waals surface area contributed by atoms with Gasteiger partial charge in [0.05, 0.1) is 19.8 Å². The molecule has 1 fully saturated rings. The molecule has 0 aromatic heterocycles. The van der Waals surface area contributed by atoms with Gasteiger partial charge < -0.3 is 24.8 Å². The minimum Gasteiger partial charge on any atom is -0.493 e. The molecule has 2 rings (SSSR count). The van der Waals surface area contributed by atoms with Crippen LogP contribution in [0.4, 0.5) is 0 Å². The summed E-state index contributed by atoms with van der Waals surface area (Å²) in [5, 5.41) is 6.74. The number of nitrogens with one attached hydrogen (secondary N) is 2. The molecule has 6 heteroatoms. The molecule has 2 N–H and O–H groups in total. The molecule has 0 saturated carbocycles. The van der Waals surface area contributed by atoms with Crippen LogP contribution in [-0.2, 0) is 16.0 Å². The second-order valence-corrected chi connectivity index (χ2v) is 7.68. The molecule has 0 spiro atoms. The van der Waals surface area contributed by atoms with E-state index in [-0.39, 0.29) is 0 Å². The first kappa shape index (κ1) is 23.5. The number of nitrogens with zero attached hydrogens (tertiary/aromatic N) is 1. The van der Waals surface area contributed by atoms with Gasteiger partial charge in [-0.05, 0) is 37.8 Å². The lowest BCUT2D eigenvalue weighted by atomic mass is 10.1. The fourth-order valence-electron chi connectivity index (χ4n) is 3.22. The maximum absolute atomic E-state index is 6.03. The SMILES string of the molecule is CCCCCOc1cc(C)ccc1CNC(=NC)NCCCOCC1CCOC1. The van der Waals surface area contributed by atoms with Crippen molar-refractivity contribution in [3.63, 3.8) is 0 Å². The second kappa shape index (κ2) is 14.2. The highest BCUT2D eigenvalue weighted by Crippen LogP contribution is 2.20. The van der Waals surface area contributed by atoms with E-state index in [1.807, 2.05) is 0 Å². The third-order valence-corrected chi connectivity index (χ3v) is 5.03. The quantitative estimate of drug-likeness (QED) is 0.298. The number of benzene rings is 1. The van der Waals surface area contributed by atoms with Crippen molar-refractivity contribution in [1.82, 2.24) is 10.6 Å². The van der Waals surface area contributed by atoms with Crippen molar-refractivity contribution in [1.29, 1.82) is 0 Å². The summed E-state index contributed by atoms with van der Waals surface area (Å²) in [5.41, 5.74) is 2.36. The van der Waals surface area contributed by atoms with E-state index in [0.29, 0.717) is 12.5 Å². The van der Waals surface area contributed by atoms with Gasteiger partial charge in [-0.2, -0.15) is 0 Å². The molecule has 1 atom stereocenters. The molecule has 0 aliphatic carbocycles. The molecule has 1 saturated heterocycles. The molecule has 0 radical (unpaired) electrons. The van der Waals surface area contributed by atoms with Gasteiger partial charge in [-0.15, -0.1) is 0 Å². The van der Waals surface area contributed by atoms with Crippen LogP contribution in [0.15, 0.2) is 23.2 Å². The van der Waals surface area contributed by atoms with Crippen molar-refractivity contribution in [2.24, 2.45) is 10.9 Å². The van der Waals surface area contributed by atoms with Gasteiger partial charge in [0.2, 0.25) is 0 Å². The van der Waals surface area contributed by atoms with E-state index < -0.39 is 0 Å². The van der Waals surface area contributed by atoms with E-state index in [1.54, 1.807) is 7.05 Å². The van der Waals surface area contributed by atoms with Crippen molar-refractivity contribution in [3.05, 3.63) is 29.3 Å². The normalized spacial score (nSPS) is 16.8. The Morgan fingerprint density at radius 1 is 1.21 bits per heavy atom. The van der Waals surface area contributed by atoms with E-state index in [0.717, 1.165) is 76.1 Å². The summed E-state index contributed by atoms with van der Waals surface area (Å²) in [6, 6.07) is 6.37. The highest BCUT2D eigenvalue weighted by molar-refractivity contribution is 5.79. The predicted octanol–water partition coefficient (Wildman–Crippen LogP) is 3.67. The third kappa shape index (κ3) is 9.50. The topological polar surface area (TPSA) is 64.1 Å². The number of guanidine groups is 1. The Morgan fingerprint density at radius 3 is 2.86 bits per heavy atom. The highest BCUT2D eigenvalue weighted by atomic mass is 16.5. The van der Waals surface area contributed by atoms with E-state index in [2.05, 4.69) is 47.7 Å². The molecule has 1 aliphatic rings. The molecule has 1 aromatic rings.